The van der Waals surface area contributed by atoms with Gasteiger partial charge in [-0.2, -0.15) is 10.1 Å². The van der Waals surface area contributed by atoms with E-state index in [0.29, 0.717) is 5.69 Å². The lowest BCUT2D eigenvalue weighted by Gasteiger charge is -2.10. The van der Waals surface area contributed by atoms with Gasteiger partial charge in [-0.05, 0) is 25.5 Å². The van der Waals surface area contributed by atoms with Crippen molar-refractivity contribution in [1.29, 1.82) is 0 Å². The van der Waals surface area contributed by atoms with Crippen molar-refractivity contribution in [3.05, 3.63) is 76.3 Å². The Morgan fingerprint density at radius 3 is 2.56 bits per heavy atom. The fourth-order valence-electron chi connectivity index (χ4n) is 2.50. The molecule has 3 rings (SSSR count). The summed E-state index contributed by atoms with van der Waals surface area (Å²) >= 11 is 0. The molecular weight excluding hydrogens is 316 g/mol. The standard InChI is InChI=1S/C19H18N4O2/c1-13-8-9-16(14(2)10-13)21-18(24)12-23-19(25)22-17(11-20-23)15-6-4-3-5-7-15/h3-11H,12H2,1-2H3,(H,21,24). The molecule has 6 heteroatoms. The molecule has 25 heavy (non-hydrogen) atoms. The highest BCUT2D eigenvalue weighted by atomic mass is 16.2. The molecule has 0 atom stereocenters. The van der Waals surface area contributed by atoms with Crippen LogP contribution in [0.15, 0.2) is 59.5 Å². The average Bonchev–Trinajstić information content (AvgIpc) is 2.60. The number of aromatic nitrogens is 3. The lowest BCUT2D eigenvalue weighted by molar-refractivity contribution is -0.117. The number of carbonyl (C=O) groups is 1. The minimum absolute atomic E-state index is 0.186. The van der Waals surface area contributed by atoms with Crippen LogP contribution in [0.25, 0.3) is 11.3 Å². The molecule has 2 aromatic carbocycles. The summed E-state index contributed by atoms with van der Waals surface area (Å²) in [6, 6.07) is 15.0. The van der Waals surface area contributed by atoms with Gasteiger partial charge < -0.3 is 5.32 Å². The zero-order valence-electron chi connectivity index (χ0n) is 14.1. The molecule has 1 heterocycles. The summed E-state index contributed by atoms with van der Waals surface area (Å²) in [5.41, 5.74) is 3.53. The van der Waals surface area contributed by atoms with Crippen LogP contribution < -0.4 is 11.0 Å². The Morgan fingerprint density at radius 2 is 1.88 bits per heavy atom. The maximum atomic E-state index is 12.2. The first-order chi connectivity index (χ1) is 12.0. The zero-order chi connectivity index (χ0) is 17.8. The van der Waals surface area contributed by atoms with Crippen LogP contribution >= 0.6 is 0 Å². The smallest absolute Gasteiger partial charge is 0.324 e. The number of carbonyl (C=O) groups excluding carboxylic acids is 1. The van der Waals surface area contributed by atoms with Gasteiger partial charge in [0.1, 0.15) is 6.54 Å². The molecule has 0 unspecified atom stereocenters. The van der Waals surface area contributed by atoms with E-state index < -0.39 is 5.69 Å². The number of hydrogen-bond donors (Lipinski definition) is 1. The Bertz CT molecular complexity index is 965. The third-order valence-corrected chi connectivity index (χ3v) is 3.78. The molecule has 0 bridgehead atoms. The van der Waals surface area contributed by atoms with Gasteiger partial charge >= 0.3 is 5.69 Å². The van der Waals surface area contributed by atoms with E-state index in [1.54, 1.807) is 0 Å². The van der Waals surface area contributed by atoms with Crippen molar-refractivity contribution in [2.45, 2.75) is 20.4 Å². The van der Waals surface area contributed by atoms with Gasteiger partial charge in [0.05, 0.1) is 11.9 Å². The molecule has 3 aromatic rings. The van der Waals surface area contributed by atoms with Crippen LogP contribution in [0.2, 0.25) is 0 Å². The van der Waals surface area contributed by atoms with Gasteiger partial charge in [0.2, 0.25) is 5.91 Å². The third-order valence-electron chi connectivity index (χ3n) is 3.78. The average molecular weight is 334 g/mol. The highest BCUT2D eigenvalue weighted by molar-refractivity contribution is 5.91. The molecule has 0 aliphatic heterocycles. The first-order valence-electron chi connectivity index (χ1n) is 7.89. The highest BCUT2D eigenvalue weighted by Crippen LogP contribution is 2.16. The minimum atomic E-state index is -0.558. The SMILES string of the molecule is Cc1ccc(NC(=O)Cn2ncc(-c3ccccc3)nc2=O)c(C)c1. The zero-order valence-corrected chi connectivity index (χ0v) is 14.1. The molecule has 6 nitrogen and oxygen atoms in total. The molecule has 0 saturated heterocycles. The monoisotopic (exact) mass is 334 g/mol. The van der Waals surface area contributed by atoms with Gasteiger partial charge in [-0.1, -0.05) is 48.0 Å². The second-order valence-corrected chi connectivity index (χ2v) is 5.81. The summed E-state index contributed by atoms with van der Waals surface area (Å²) in [5.74, 6) is -0.323. The predicted molar refractivity (Wildman–Crippen MR) is 96.3 cm³/mol. The molecular formula is C19H18N4O2. The van der Waals surface area contributed by atoms with E-state index in [9.17, 15) is 9.59 Å². The molecule has 126 valence electrons. The number of anilines is 1. The van der Waals surface area contributed by atoms with Crippen molar-refractivity contribution < 1.29 is 4.79 Å². The van der Waals surface area contributed by atoms with Crippen LogP contribution in [0.3, 0.4) is 0 Å². The van der Waals surface area contributed by atoms with Crippen molar-refractivity contribution >= 4 is 11.6 Å². The molecule has 0 spiro atoms. The maximum Gasteiger partial charge on any atom is 0.365 e. The van der Waals surface area contributed by atoms with Crippen LogP contribution in [0.4, 0.5) is 5.69 Å². The van der Waals surface area contributed by atoms with Gasteiger partial charge in [-0.25, -0.2) is 9.48 Å². The van der Waals surface area contributed by atoms with Gasteiger partial charge in [-0.15, -0.1) is 0 Å². The third kappa shape index (κ3) is 3.98. The fourth-order valence-corrected chi connectivity index (χ4v) is 2.50. The molecule has 0 radical (unpaired) electrons. The van der Waals surface area contributed by atoms with Crippen LogP contribution in [-0.2, 0) is 11.3 Å². The van der Waals surface area contributed by atoms with Crippen molar-refractivity contribution in [2.24, 2.45) is 0 Å². The van der Waals surface area contributed by atoms with E-state index in [2.05, 4.69) is 15.4 Å². The van der Waals surface area contributed by atoms with Crippen LogP contribution in [0.1, 0.15) is 11.1 Å². The first kappa shape index (κ1) is 16.6. The fraction of sp³-hybridized carbons (Fsp3) is 0.158. The molecule has 0 aliphatic rings. The van der Waals surface area contributed by atoms with Crippen molar-refractivity contribution in [3.63, 3.8) is 0 Å². The van der Waals surface area contributed by atoms with E-state index >= 15 is 0 Å². The number of aryl methyl sites for hydroxylation is 2. The second-order valence-electron chi connectivity index (χ2n) is 5.81. The van der Waals surface area contributed by atoms with Crippen LogP contribution in [0, 0.1) is 13.8 Å². The number of hydrogen-bond acceptors (Lipinski definition) is 4. The summed E-state index contributed by atoms with van der Waals surface area (Å²) in [6.07, 6.45) is 1.49. The molecule has 1 amide bonds. The normalized spacial score (nSPS) is 10.5. The van der Waals surface area contributed by atoms with Gasteiger partial charge in [0.15, 0.2) is 0 Å². The van der Waals surface area contributed by atoms with E-state index in [0.717, 1.165) is 27.1 Å². The predicted octanol–water partition coefficient (Wildman–Crippen LogP) is 2.56. The highest BCUT2D eigenvalue weighted by Gasteiger charge is 2.10. The summed E-state index contributed by atoms with van der Waals surface area (Å²) in [7, 11) is 0. The Hall–Kier alpha value is -3.28. The van der Waals surface area contributed by atoms with E-state index in [-0.39, 0.29) is 12.5 Å². The Morgan fingerprint density at radius 1 is 1.12 bits per heavy atom. The van der Waals surface area contributed by atoms with Crippen molar-refractivity contribution in [3.8, 4) is 11.3 Å². The molecule has 0 aliphatic carbocycles. The van der Waals surface area contributed by atoms with E-state index in [1.807, 2.05) is 62.4 Å². The Kier molecular flexibility index (Phi) is 4.70. The minimum Gasteiger partial charge on any atom is -0.324 e. The van der Waals surface area contributed by atoms with Crippen LogP contribution in [0.5, 0.6) is 0 Å². The molecule has 0 saturated carbocycles. The quantitative estimate of drug-likeness (QED) is 0.795. The topological polar surface area (TPSA) is 76.9 Å². The second kappa shape index (κ2) is 7.09. The van der Waals surface area contributed by atoms with Gasteiger partial charge in [0.25, 0.3) is 0 Å². The number of nitrogens with one attached hydrogen (secondary N) is 1. The number of amides is 1. The van der Waals surface area contributed by atoms with E-state index in [1.165, 1.54) is 6.20 Å². The van der Waals surface area contributed by atoms with E-state index in [4.69, 9.17) is 0 Å². The summed E-state index contributed by atoms with van der Waals surface area (Å²) in [5, 5.41) is 6.85. The largest absolute Gasteiger partial charge is 0.365 e. The number of benzene rings is 2. The lowest BCUT2D eigenvalue weighted by Crippen LogP contribution is -2.31. The van der Waals surface area contributed by atoms with Gasteiger partial charge in [-0.3, -0.25) is 4.79 Å². The van der Waals surface area contributed by atoms with Crippen LogP contribution in [-0.4, -0.2) is 20.7 Å². The molecule has 0 fully saturated rings. The number of rotatable bonds is 4. The summed E-state index contributed by atoms with van der Waals surface area (Å²) in [4.78, 5) is 28.3. The molecule has 1 aromatic heterocycles. The summed E-state index contributed by atoms with van der Waals surface area (Å²) < 4.78 is 1.05. The van der Waals surface area contributed by atoms with Crippen molar-refractivity contribution in [2.75, 3.05) is 5.32 Å². The molecule has 1 N–H and O–H groups in total. The maximum absolute atomic E-state index is 12.2. The van der Waals surface area contributed by atoms with Gasteiger partial charge in [0, 0.05) is 11.3 Å². The summed E-state index contributed by atoms with van der Waals surface area (Å²) in [6.45, 7) is 3.72. The number of nitrogens with zero attached hydrogens (tertiary/aromatic N) is 3. The van der Waals surface area contributed by atoms with Crippen molar-refractivity contribution in [1.82, 2.24) is 14.8 Å². The Labute approximate surface area is 145 Å². The first-order valence-corrected chi connectivity index (χ1v) is 7.89. The Balaban J connectivity index is 1.74. The lowest BCUT2D eigenvalue weighted by atomic mass is 10.1.